The molecular weight excluding hydrogens is 748 g/mol. The molecule has 1 N–H and O–H groups in total. The number of nitrogens with zero attached hydrogens (tertiary/aromatic N) is 2. The van der Waals surface area contributed by atoms with Crippen LogP contribution in [-0.4, -0.2) is 119 Å². The van der Waals surface area contributed by atoms with Gasteiger partial charge in [0.05, 0.1) is 27.4 Å². The fraction of sp³-hybridized carbons (Fsp3) is 0.725. The average Bonchev–Trinajstić information content (AvgIpc) is 3.03. The molecule has 0 heterocycles. The molecule has 57 heavy (non-hydrogen) atoms. The summed E-state index contributed by atoms with van der Waals surface area (Å²) >= 11 is 0. The number of amides is 4. The van der Waals surface area contributed by atoms with Gasteiger partial charge in [-0.25, -0.2) is 33.6 Å². The van der Waals surface area contributed by atoms with Crippen LogP contribution in [-0.2, 0) is 47.5 Å². The van der Waals surface area contributed by atoms with Crippen molar-refractivity contribution in [3.05, 3.63) is 23.3 Å². The molecule has 0 saturated carbocycles. The van der Waals surface area contributed by atoms with Crippen molar-refractivity contribution in [3.8, 4) is 0 Å². The summed E-state index contributed by atoms with van der Waals surface area (Å²) in [6.45, 7) is 24.8. The number of ether oxygens (including phenoxy) is 7. The van der Waals surface area contributed by atoms with Crippen molar-refractivity contribution in [2.45, 2.75) is 164 Å². The van der Waals surface area contributed by atoms with E-state index >= 15 is 0 Å². The highest BCUT2D eigenvalue weighted by molar-refractivity contribution is 5.95. The zero-order valence-electron chi connectivity index (χ0n) is 37.1. The van der Waals surface area contributed by atoms with E-state index in [0.29, 0.717) is 27.4 Å². The summed E-state index contributed by atoms with van der Waals surface area (Å²) in [6.07, 6.45) is -0.110. The van der Waals surface area contributed by atoms with Crippen LogP contribution in [0.25, 0.3) is 0 Å². The third-order valence-corrected chi connectivity index (χ3v) is 6.60. The zero-order chi connectivity index (χ0) is 45.1. The topological polar surface area (TPSA) is 211 Å². The van der Waals surface area contributed by atoms with E-state index in [1.165, 1.54) is 7.11 Å². The molecule has 0 aromatic rings. The number of esters is 3. The van der Waals surface area contributed by atoms with Crippen LogP contribution in [0, 0.1) is 0 Å². The highest BCUT2D eigenvalue weighted by atomic mass is 16.6. The molecule has 0 aliphatic rings. The number of imide groups is 2. The number of carbonyl (C=O) groups is 7. The molecule has 2 atom stereocenters. The lowest BCUT2D eigenvalue weighted by Gasteiger charge is -2.32. The van der Waals surface area contributed by atoms with Gasteiger partial charge < -0.3 is 38.3 Å². The number of rotatable bonds is 13. The number of aliphatic hydroxyl groups excluding tert-OH is 1. The van der Waals surface area contributed by atoms with Crippen molar-refractivity contribution in [2.75, 3.05) is 27.4 Å². The van der Waals surface area contributed by atoms with Gasteiger partial charge >= 0.3 is 42.3 Å². The summed E-state index contributed by atoms with van der Waals surface area (Å²) in [5.74, 6) is -2.06. The van der Waals surface area contributed by atoms with Crippen molar-refractivity contribution in [3.63, 3.8) is 0 Å². The Hall–Kier alpha value is -4.67. The van der Waals surface area contributed by atoms with Gasteiger partial charge in [-0.05, 0) is 130 Å². The molecular formula is C40H68N2O15. The second-order valence-corrected chi connectivity index (χ2v) is 16.7. The van der Waals surface area contributed by atoms with Gasteiger partial charge in [-0.2, -0.15) is 9.80 Å². The first-order chi connectivity index (χ1) is 25.8. The van der Waals surface area contributed by atoms with Gasteiger partial charge in [-0.3, -0.25) is 0 Å². The van der Waals surface area contributed by atoms with Gasteiger partial charge in [0, 0.05) is 5.57 Å². The standard InChI is InChI=1S/C21H35NO8.C19H33NO7/c1-10-28-16(23)14(2)12-11-13-15(17(24)27-9)22(18(25)29-20(3,4)5)19(26)30-21(6,7)8;1-13(12-21)10-9-11-14(15(22)25-8)20(16(23)26-18(2,3)4)17(24)27-19(5,6)7/h12,15H,10-11,13H2,1-9H3;10,14,21H,9,11-12H2,1-8H3/b14-12-;13-10+/t15-;14-/m00/s1. The van der Waals surface area contributed by atoms with Crippen molar-refractivity contribution in [1.29, 1.82) is 0 Å². The lowest BCUT2D eigenvalue weighted by Crippen LogP contribution is -2.52. The fourth-order valence-electron chi connectivity index (χ4n) is 4.22. The van der Waals surface area contributed by atoms with Gasteiger partial charge in [-0.1, -0.05) is 17.7 Å². The van der Waals surface area contributed by atoms with Gasteiger partial charge in [0.15, 0.2) is 0 Å². The van der Waals surface area contributed by atoms with E-state index in [1.54, 1.807) is 116 Å². The number of aliphatic hydroxyl groups is 1. The quantitative estimate of drug-likeness (QED) is 0.0830. The van der Waals surface area contributed by atoms with E-state index < -0.39 is 76.8 Å². The Morgan fingerprint density at radius 2 is 0.860 bits per heavy atom. The maximum absolute atomic E-state index is 12.7. The third-order valence-electron chi connectivity index (χ3n) is 6.60. The second kappa shape index (κ2) is 24.2. The lowest BCUT2D eigenvalue weighted by atomic mass is 10.1. The molecule has 0 fully saturated rings. The summed E-state index contributed by atoms with van der Waals surface area (Å²) in [6, 6.07) is -2.52. The molecule has 0 aromatic carbocycles. The van der Waals surface area contributed by atoms with Crippen LogP contribution in [0.3, 0.4) is 0 Å². The lowest BCUT2D eigenvalue weighted by molar-refractivity contribution is -0.147. The number of hydrogen-bond acceptors (Lipinski definition) is 15. The molecule has 0 aliphatic heterocycles. The third kappa shape index (κ3) is 23.9. The maximum Gasteiger partial charge on any atom is 0.420 e. The van der Waals surface area contributed by atoms with E-state index in [1.807, 2.05) is 0 Å². The summed E-state index contributed by atoms with van der Waals surface area (Å²) in [4.78, 5) is 88.5. The first-order valence-electron chi connectivity index (χ1n) is 18.6. The van der Waals surface area contributed by atoms with E-state index in [9.17, 15) is 33.6 Å². The maximum atomic E-state index is 12.7. The predicted molar refractivity (Wildman–Crippen MR) is 210 cm³/mol. The van der Waals surface area contributed by atoms with Crippen LogP contribution >= 0.6 is 0 Å². The number of methoxy groups -OCH3 is 2. The highest BCUT2D eigenvalue weighted by Crippen LogP contribution is 2.22. The number of carbonyl (C=O) groups excluding carboxylic acids is 7. The minimum Gasteiger partial charge on any atom is -0.467 e. The molecule has 17 heteroatoms. The number of hydrogen-bond donors (Lipinski definition) is 1. The Bertz CT molecular complexity index is 1370. The van der Waals surface area contributed by atoms with Gasteiger partial charge in [0.1, 0.15) is 34.5 Å². The zero-order valence-corrected chi connectivity index (χ0v) is 37.1. The second-order valence-electron chi connectivity index (χ2n) is 16.7. The molecule has 4 amide bonds. The van der Waals surface area contributed by atoms with E-state index in [-0.39, 0.29) is 32.5 Å². The first-order valence-corrected chi connectivity index (χ1v) is 18.6. The SMILES string of the molecule is CCOC(=O)/C(C)=C\CC[C@@H](C(=O)OC)N(C(=O)OC(C)(C)C)C(=O)OC(C)(C)C.COC(=O)[C@H](CC/C=C(\C)CO)N(C(=O)OC(C)(C)C)C(=O)OC(C)(C)C. The largest absolute Gasteiger partial charge is 0.467 e. The Balaban J connectivity index is 0. The summed E-state index contributed by atoms with van der Waals surface area (Å²) in [5.41, 5.74) is -2.49. The molecule has 0 aliphatic carbocycles. The Morgan fingerprint density at radius 3 is 1.11 bits per heavy atom. The molecule has 0 saturated heterocycles. The number of allylic oxidation sites excluding steroid dienone is 2. The average molecular weight is 817 g/mol. The van der Waals surface area contributed by atoms with Crippen molar-refractivity contribution < 1.29 is 71.8 Å². The Kier molecular flexibility index (Phi) is 23.1. The van der Waals surface area contributed by atoms with Crippen LogP contribution in [0.1, 0.15) is 130 Å². The van der Waals surface area contributed by atoms with Gasteiger partial charge in [0.25, 0.3) is 0 Å². The highest BCUT2D eigenvalue weighted by Gasteiger charge is 2.42. The van der Waals surface area contributed by atoms with Crippen LogP contribution < -0.4 is 0 Å². The summed E-state index contributed by atoms with van der Waals surface area (Å²) in [7, 11) is 2.32. The summed E-state index contributed by atoms with van der Waals surface area (Å²) in [5, 5.41) is 9.08. The molecule has 0 unspecified atom stereocenters. The molecule has 0 bridgehead atoms. The molecule has 0 rings (SSSR count). The minimum absolute atomic E-state index is 0.00189. The fourth-order valence-corrected chi connectivity index (χ4v) is 4.22. The van der Waals surface area contributed by atoms with Gasteiger partial charge in [-0.15, -0.1) is 0 Å². The Labute approximate surface area is 338 Å². The van der Waals surface area contributed by atoms with E-state index in [4.69, 9.17) is 38.3 Å². The van der Waals surface area contributed by atoms with Crippen molar-refractivity contribution >= 4 is 42.3 Å². The van der Waals surface area contributed by atoms with Gasteiger partial charge in [0.2, 0.25) is 0 Å². The van der Waals surface area contributed by atoms with E-state index in [2.05, 4.69) is 0 Å². The summed E-state index contributed by atoms with van der Waals surface area (Å²) < 4.78 is 35.6. The normalized spacial score (nSPS) is 13.4. The monoisotopic (exact) mass is 816 g/mol. The van der Waals surface area contributed by atoms with Crippen LogP contribution in [0.4, 0.5) is 19.2 Å². The molecule has 17 nitrogen and oxygen atoms in total. The first kappa shape index (κ1) is 54.4. The molecule has 328 valence electrons. The minimum atomic E-state index is -1.30. The van der Waals surface area contributed by atoms with E-state index in [0.717, 1.165) is 7.11 Å². The van der Waals surface area contributed by atoms with Crippen molar-refractivity contribution in [1.82, 2.24) is 9.80 Å². The van der Waals surface area contributed by atoms with Crippen LogP contribution in [0.5, 0.6) is 0 Å². The Morgan fingerprint density at radius 1 is 0.561 bits per heavy atom. The molecule has 0 radical (unpaired) electrons. The van der Waals surface area contributed by atoms with Crippen LogP contribution in [0.15, 0.2) is 23.3 Å². The molecule has 0 aromatic heterocycles. The smallest absolute Gasteiger partial charge is 0.420 e. The predicted octanol–water partition coefficient (Wildman–Crippen LogP) is 7.41. The van der Waals surface area contributed by atoms with Crippen molar-refractivity contribution in [2.24, 2.45) is 0 Å². The van der Waals surface area contributed by atoms with Crippen LogP contribution in [0.2, 0.25) is 0 Å². The molecule has 0 spiro atoms.